The second-order valence-corrected chi connectivity index (χ2v) is 10.7. The van der Waals surface area contributed by atoms with Crippen LogP contribution in [0.4, 0.5) is 5.00 Å². The zero-order chi connectivity index (χ0) is 25.9. The molecular weight excluding hydrogens is 506 g/mol. The van der Waals surface area contributed by atoms with E-state index in [9.17, 15) is 14.4 Å². The number of anilines is 1. The number of rotatable bonds is 8. The number of thioether (sulfide) groups is 1. The molecule has 1 aliphatic rings. The first kappa shape index (κ1) is 25.2. The molecule has 2 aromatic carbocycles. The van der Waals surface area contributed by atoms with E-state index in [1.165, 1.54) is 28.7 Å². The standard InChI is InChI=1S/C28H27N3O4S2/c1-3-31-26(33)19-11-7-8-12-21(19)29-28(31)36-16-15-22(32)30-25-23(27(34)35-4-2)20-14-13-17-9-5-6-10-18(17)24(20)37-25/h5-12H,3-4,13-16H2,1-2H3,(H,30,32). The van der Waals surface area contributed by atoms with E-state index in [1.54, 1.807) is 17.6 Å². The van der Waals surface area contributed by atoms with E-state index in [4.69, 9.17) is 4.74 Å². The number of carbonyl (C=O) groups is 2. The van der Waals surface area contributed by atoms with Crippen LogP contribution in [0.1, 0.15) is 41.8 Å². The molecule has 0 radical (unpaired) electrons. The van der Waals surface area contributed by atoms with Gasteiger partial charge < -0.3 is 10.1 Å². The fourth-order valence-electron chi connectivity index (χ4n) is 4.61. The van der Waals surface area contributed by atoms with Gasteiger partial charge in [0.2, 0.25) is 5.91 Å². The van der Waals surface area contributed by atoms with Crippen molar-refractivity contribution in [3.8, 4) is 10.4 Å². The maximum Gasteiger partial charge on any atom is 0.341 e. The fraction of sp³-hybridized carbons (Fsp3) is 0.286. The molecule has 0 fully saturated rings. The summed E-state index contributed by atoms with van der Waals surface area (Å²) in [6, 6.07) is 15.5. The highest BCUT2D eigenvalue weighted by Crippen LogP contribution is 2.45. The van der Waals surface area contributed by atoms with E-state index in [0.29, 0.717) is 38.9 Å². The Bertz CT molecular complexity index is 1560. The Kier molecular flexibility index (Phi) is 7.43. The highest BCUT2D eigenvalue weighted by molar-refractivity contribution is 7.99. The Morgan fingerprint density at radius 2 is 1.89 bits per heavy atom. The molecule has 0 saturated heterocycles. The molecule has 0 spiro atoms. The molecule has 2 heterocycles. The molecule has 0 saturated carbocycles. The first-order chi connectivity index (χ1) is 18.0. The predicted octanol–water partition coefficient (Wildman–Crippen LogP) is 5.54. The van der Waals surface area contributed by atoms with Crippen LogP contribution in [0.5, 0.6) is 0 Å². The summed E-state index contributed by atoms with van der Waals surface area (Å²) in [7, 11) is 0. The van der Waals surface area contributed by atoms with Gasteiger partial charge in [-0.3, -0.25) is 14.2 Å². The average molecular weight is 534 g/mol. The van der Waals surface area contributed by atoms with Gasteiger partial charge in [0.25, 0.3) is 5.56 Å². The Morgan fingerprint density at radius 1 is 1.11 bits per heavy atom. The molecule has 2 aromatic heterocycles. The van der Waals surface area contributed by atoms with Crippen molar-refractivity contribution in [3.05, 3.63) is 75.6 Å². The largest absolute Gasteiger partial charge is 0.462 e. The van der Waals surface area contributed by atoms with Crippen molar-refractivity contribution in [2.45, 2.75) is 44.8 Å². The van der Waals surface area contributed by atoms with Crippen LogP contribution in [-0.4, -0.2) is 33.8 Å². The number of ether oxygens (including phenoxy) is 1. The van der Waals surface area contributed by atoms with Crippen LogP contribution in [0.3, 0.4) is 0 Å². The van der Waals surface area contributed by atoms with Crippen LogP contribution < -0.4 is 10.9 Å². The van der Waals surface area contributed by atoms with Gasteiger partial charge in [-0.2, -0.15) is 0 Å². The summed E-state index contributed by atoms with van der Waals surface area (Å²) in [5.41, 5.74) is 4.32. The molecule has 0 bridgehead atoms. The molecule has 7 nitrogen and oxygen atoms in total. The van der Waals surface area contributed by atoms with Gasteiger partial charge in [0.1, 0.15) is 5.00 Å². The number of aryl methyl sites for hydroxylation is 1. The first-order valence-electron chi connectivity index (χ1n) is 12.3. The third-order valence-electron chi connectivity index (χ3n) is 6.35. The maximum absolute atomic E-state index is 13.0. The lowest BCUT2D eigenvalue weighted by Crippen LogP contribution is -2.22. The zero-order valence-corrected chi connectivity index (χ0v) is 22.3. The van der Waals surface area contributed by atoms with Gasteiger partial charge in [0, 0.05) is 23.6 Å². The first-order valence-corrected chi connectivity index (χ1v) is 14.1. The van der Waals surface area contributed by atoms with Gasteiger partial charge in [-0.25, -0.2) is 9.78 Å². The van der Waals surface area contributed by atoms with Crippen molar-refractivity contribution >= 4 is 50.9 Å². The van der Waals surface area contributed by atoms with Crippen LogP contribution in [-0.2, 0) is 28.9 Å². The number of para-hydroxylation sites is 1. The smallest absolute Gasteiger partial charge is 0.341 e. The summed E-state index contributed by atoms with van der Waals surface area (Å²) in [5.74, 6) is -0.160. The number of nitrogens with zero attached hydrogens (tertiary/aromatic N) is 2. The second kappa shape index (κ2) is 10.9. The quantitative estimate of drug-likeness (QED) is 0.182. The van der Waals surface area contributed by atoms with Crippen molar-refractivity contribution in [2.75, 3.05) is 17.7 Å². The molecule has 0 atom stereocenters. The minimum atomic E-state index is -0.406. The molecule has 4 aromatic rings. The Hall–Kier alpha value is -3.43. The molecule has 1 N–H and O–H groups in total. The number of fused-ring (bicyclic) bond motifs is 4. The molecule has 190 valence electrons. The van der Waals surface area contributed by atoms with E-state index < -0.39 is 5.97 Å². The van der Waals surface area contributed by atoms with E-state index in [0.717, 1.165) is 28.8 Å². The van der Waals surface area contributed by atoms with Crippen LogP contribution in [0, 0.1) is 0 Å². The van der Waals surface area contributed by atoms with Gasteiger partial charge in [0.15, 0.2) is 5.16 Å². The Balaban J connectivity index is 1.35. The van der Waals surface area contributed by atoms with Crippen molar-refractivity contribution in [2.24, 2.45) is 0 Å². The Morgan fingerprint density at radius 3 is 2.70 bits per heavy atom. The van der Waals surface area contributed by atoms with E-state index >= 15 is 0 Å². The fourth-order valence-corrected chi connectivity index (χ4v) is 6.92. The summed E-state index contributed by atoms with van der Waals surface area (Å²) in [6.45, 7) is 4.44. The highest BCUT2D eigenvalue weighted by atomic mass is 32.2. The Labute approximate surface area is 222 Å². The third kappa shape index (κ3) is 4.93. The number of benzene rings is 2. The number of hydrogen-bond acceptors (Lipinski definition) is 7. The lowest BCUT2D eigenvalue weighted by atomic mass is 9.89. The summed E-state index contributed by atoms with van der Waals surface area (Å²) < 4.78 is 6.98. The summed E-state index contributed by atoms with van der Waals surface area (Å²) in [5, 5.41) is 4.68. The zero-order valence-electron chi connectivity index (χ0n) is 20.7. The molecular formula is C28H27N3O4S2. The minimum absolute atomic E-state index is 0.0800. The number of amides is 1. The van der Waals surface area contributed by atoms with Crippen LogP contribution in [0.2, 0.25) is 0 Å². The van der Waals surface area contributed by atoms with Crippen molar-refractivity contribution in [3.63, 3.8) is 0 Å². The van der Waals surface area contributed by atoms with E-state index in [2.05, 4.69) is 22.4 Å². The summed E-state index contributed by atoms with van der Waals surface area (Å²) in [4.78, 5) is 44.4. The van der Waals surface area contributed by atoms with Crippen molar-refractivity contribution < 1.29 is 14.3 Å². The highest BCUT2D eigenvalue weighted by Gasteiger charge is 2.29. The number of hydrogen-bond donors (Lipinski definition) is 1. The molecule has 1 amide bonds. The van der Waals surface area contributed by atoms with Crippen LogP contribution >= 0.6 is 23.1 Å². The molecule has 0 aliphatic heterocycles. The monoisotopic (exact) mass is 533 g/mol. The number of nitrogens with one attached hydrogen (secondary N) is 1. The third-order valence-corrected chi connectivity index (χ3v) is 8.51. The lowest BCUT2D eigenvalue weighted by molar-refractivity contribution is -0.115. The number of thiophene rings is 1. The summed E-state index contributed by atoms with van der Waals surface area (Å²) >= 11 is 2.81. The molecule has 5 rings (SSSR count). The average Bonchev–Trinajstić information content (AvgIpc) is 3.27. The number of esters is 1. The van der Waals surface area contributed by atoms with Gasteiger partial charge in [-0.05, 0) is 55.5 Å². The molecule has 1 aliphatic carbocycles. The molecule has 37 heavy (non-hydrogen) atoms. The maximum atomic E-state index is 13.0. The van der Waals surface area contributed by atoms with Crippen LogP contribution in [0.15, 0.2) is 58.5 Å². The second-order valence-electron chi connectivity index (χ2n) is 8.60. The SMILES string of the molecule is CCOC(=O)c1c(NC(=O)CCSc2nc3ccccc3c(=O)n2CC)sc2c1CCc1ccccc1-2. The van der Waals surface area contributed by atoms with Crippen molar-refractivity contribution in [1.29, 1.82) is 0 Å². The van der Waals surface area contributed by atoms with Gasteiger partial charge in [0.05, 0.1) is 23.1 Å². The predicted molar refractivity (Wildman–Crippen MR) is 149 cm³/mol. The summed E-state index contributed by atoms with van der Waals surface area (Å²) in [6.07, 6.45) is 1.78. The lowest BCUT2D eigenvalue weighted by Gasteiger charge is -2.16. The van der Waals surface area contributed by atoms with E-state index in [1.807, 2.05) is 37.3 Å². The normalized spacial score (nSPS) is 12.2. The van der Waals surface area contributed by atoms with Gasteiger partial charge in [-0.15, -0.1) is 11.3 Å². The molecule has 9 heteroatoms. The van der Waals surface area contributed by atoms with Crippen molar-refractivity contribution in [1.82, 2.24) is 9.55 Å². The molecule has 0 unspecified atom stereocenters. The van der Waals surface area contributed by atoms with Crippen LogP contribution in [0.25, 0.3) is 21.3 Å². The van der Waals surface area contributed by atoms with E-state index in [-0.39, 0.29) is 24.5 Å². The van der Waals surface area contributed by atoms with Gasteiger partial charge >= 0.3 is 5.97 Å². The number of aromatic nitrogens is 2. The number of carbonyl (C=O) groups excluding carboxylic acids is 2. The topological polar surface area (TPSA) is 90.3 Å². The minimum Gasteiger partial charge on any atom is -0.462 e. The van der Waals surface area contributed by atoms with Gasteiger partial charge in [-0.1, -0.05) is 48.2 Å².